The van der Waals surface area contributed by atoms with Crippen LogP contribution in [0.5, 0.6) is 0 Å². The van der Waals surface area contributed by atoms with E-state index in [9.17, 15) is 4.39 Å². The van der Waals surface area contributed by atoms with E-state index in [0.717, 1.165) is 4.70 Å². The summed E-state index contributed by atoms with van der Waals surface area (Å²) in [7, 11) is 0. The molecule has 0 bridgehead atoms. The second-order valence-corrected chi connectivity index (χ2v) is 4.66. The summed E-state index contributed by atoms with van der Waals surface area (Å²) < 4.78 is 14.3. The fourth-order valence-electron chi connectivity index (χ4n) is 1.05. The van der Waals surface area contributed by atoms with Crippen molar-refractivity contribution in [2.45, 2.75) is 0 Å². The maximum atomic E-state index is 12.9. The highest BCUT2D eigenvalue weighted by Crippen LogP contribution is 2.29. The van der Waals surface area contributed by atoms with Gasteiger partial charge in [-0.15, -0.1) is 11.3 Å². The SMILES string of the molecule is N#Cc1cc(F)cc2nc(Br)sc12. The van der Waals surface area contributed by atoms with Crippen LogP contribution in [0.4, 0.5) is 4.39 Å². The third-order valence-electron chi connectivity index (χ3n) is 1.55. The van der Waals surface area contributed by atoms with Crippen molar-refractivity contribution in [1.29, 1.82) is 5.26 Å². The zero-order chi connectivity index (χ0) is 9.42. The second kappa shape index (κ2) is 3.05. The van der Waals surface area contributed by atoms with Crippen molar-refractivity contribution in [2.24, 2.45) is 0 Å². The van der Waals surface area contributed by atoms with E-state index in [1.54, 1.807) is 0 Å². The molecule has 0 aliphatic heterocycles. The number of rotatable bonds is 0. The Morgan fingerprint density at radius 1 is 1.54 bits per heavy atom. The Morgan fingerprint density at radius 2 is 2.31 bits per heavy atom. The Morgan fingerprint density at radius 3 is 3.00 bits per heavy atom. The Balaban J connectivity index is 2.90. The summed E-state index contributed by atoms with van der Waals surface area (Å²) in [6, 6.07) is 4.47. The van der Waals surface area contributed by atoms with E-state index >= 15 is 0 Å². The van der Waals surface area contributed by atoms with E-state index in [-0.39, 0.29) is 0 Å². The predicted molar refractivity (Wildman–Crippen MR) is 52.0 cm³/mol. The summed E-state index contributed by atoms with van der Waals surface area (Å²) in [4.78, 5) is 4.03. The van der Waals surface area contributed by atoms with Gasteiger partial charge >= 0.3 is 0 Å². The number of fused-ring (bicyclic) bond motifs is 1. The maximum absolute atomic E-state index is 12.9. The quantitative estimate of drug-likeness (QED) is 0.727. The molecule has 0 spiro atoms. The smallest absolute Gasteiger partial charge is 0.160 e. The van der Waals surface area contributed by atoms with Crippen LogP contribution in [-0.2, 0) is 0 Å². The molecular formula is C8H2BrFN2S. The van der Waals surface area contributed by atoms with Gasteiger partial charge < -0.3 is 0 Å². The Hall–Kier alpha value is -0.990. The highest BCUT2D eigenvalue weighted by molar-refractivity contribution is 9.11. The van der Waals surface area contributed by atoms with Gasteiger partial charge in [0.2, 0.25) is 0 Å². The van der Waals surface area contributed by atoms with Gasteiger partial charge in [-0.3, -0.25) is 0 Å². The lowest BCUT2D eigenvalue weighted by molar-refractivity contribution is 0.629. The van der Waals surface area contributed by atoms with Crippen LogP contribution < -0.4 is 0 Å². The molecule has 2 rings (SSSR count). The zero-order valence-corrected chi connectivity index (χ0v) is 8.62. The number of nitriles is 1. The molecule has 64 valence electrons. The molecule has 0 fully saturated rings. The number of hydrogen-bond donors (Lipinski definition) is 0. The third kappa shape index (κ3) is 1.43. The number of hydrogen-bond acceptors (Lipinski definition) is 3. The van der Waals surface area contributed by atoms with Crippen LogP contribution in [0.1, 0.15) is 5.56 Å². The molecule has 0 N–H and O–H groups in total. The highest BCUT2D eigenvalue weighted by atomic mass is 79.9. The molecule has 0 radical (unpaired) electrons. The third-order valence-corrected chi connectivity index (χ3v) is 3.11. The summed E-state index contributed by atoms with van der Waals surface area (Å²) in [5.74, 6) is -0.429. The van der Waals surface area contributed by atoms with Gasteiger partial charge in [-0.1, -0.05) is 0 Å². The molecule has 1 heterocycles. The number of thiazole rings is 1. The molecule has 1 aromatic heterocycles. The van der Waals surface area contributed by atoms with Gasteiger partial charge in [0.25, 0.3) is 0 Å². The summed E-state index contributed by atoms with van der Waals surface area (Å²) >= 11 is 4.52. The number of aromatic nitrogens is 1. The first-order valence-corrected chi connectivity index (χ1v) is 4.97. The van der Waals surface area contributed by atoms with Crippen LogP contribution in [0, 0.1) is 17.1 Å². The average Bonchev–Trinajstić information content (AvgIpc) is 2.43. The highest BCUT2D eigenvalue weighted by Gasteiger charge is 2.08. The Bertz CT molecular complexity index is 515. The molecule has 2 aromatic rings. The fourth-order valence-corrected chi connectivity index (χ4v) is 2.47. The van der Waals surface area contributed by atoms with E-state index in [2.05, 4.69) is 20.9 Å². The standard InChI is InChI=1S/C8H2BrFN2S/c9-8-12-6-2-5(10)1-4(3-11)7(6)13-8/h1-2H. The molecule has 1 aromatic carbocycles. The fraction of sp³-hybridized carbons (Fsp3) is 0. The van der Waals surface area contributed by atoms with E-state index < -0.39 is 5.82 Å². The topological polar surface area (TPSA) is 36.7 Å². The molecule has 0 aliphatic rings. The van der Waals surface area contributed by atoms with Gasteiger partial charge in [0.05, 0.1) is 15.8 Å². The first-order chi connectivity index (χ1) is 6.20. The normalized spacial score (nSPS) is 10.2. The maximum Gasteiger partial charge on any atom is 0.160 e. The number of benzene rings is 1. The van der Waals surface area contributed by atoms with E-state index in [0.29, 0.717) is 15.0 Å². The molecule has 0 saturated heterocycles. The minimum atomic E-state index is -0.429. The Kier molecular flexibility index (Phi) is 2.02. The average molecular weight is 257 g/mol. The first-order valence-electron chi connectivity index (χ1n) is 3.36. The molecule has 0 aliphatic carbocycles. The monoisotopic (exact) mass is 256 g/mol. The lowest BCUT2D eigenvalue weighted by Gasteiger charge is -1.91. The predicted octanol–water partition coefficient (Wildman–Crippen LogP) is 3.07. The van der Waals surface area contributed by atoms with Gasteiger partial charge in [-0.05, 0) is 22.0 Å². The summed E-state index contributed by atoms with van der Waals surface area (Å²) in [6.07, 6.45) is 0. The minimum absolute atomic E-state index is 0.332. The van der Waals surface area contributed by atoms with Crippen molar-refractivity contribution in [3.63, 3.8) is 0 Å². The molecular weight excluding hydrogens is 255 g/mol. The van der Waals surface area contributed by atoms with Crippen LogP contribution in [-0.4, -0.2) is 4.98 Å². The van der Waals surface area contributed by atoms with Crippen LogP contribution in [0.25, 0.3) is 10.2 Å². The van der Waals surface area contributed by atoms with Crippen LogP contribution in [0.3, 0.4) is 0 Å². The van der Waals surface area contributed by atoms with Gasteiger partial charge in [0, 0.05) is 6.07 Å². The van der Waals surface area contributed by atoms with Gasteiger partial charge in [-0.25, -0.2) is 9.37 Å². The summed E-state index contributed by atoms with van der Waals surface area (Å²) in [5.41, 5.74) is 0.853. The van der Waals surface area contributed by atoms with Gasteiger partial charge in [0.15, 0.2) is 3.92 Å². The largest absolute Gasteiger partial charge is 0.229 e. The van der Waals surface area contributed by atoms with Gasteiger partial charge in [-0.2, -0.15) is 5.26 Å². The number of halogens is 2. The van der Waals surface area contributed by atoms with Crippen molar-refractivity contribution in [2.75, 3.05) is 0 Å². The minimum Gasteiger partial charge on any atom is -0.229 e. The van der Waals surface area contributed by atoms with Crippen LogP contribution in [0.2, 0.25) is 0 Å². The van der Waals surface area contributed by atoms with Crippen LogP contribution >= 0.6 is 27.3 Å². The van der Waals surface area contributed by atoms with E-state index in [1.807, 2.05) is 6.07 Å². The zero-order valence-electron chi connectivity index (χ0n) is 6.21. The Labute approximate surface area is 85.8 Å². The van der Waals surface area contributed by atoms with Crippen molar-refractivity contribution >= 4 is 37.5 Å². The van der Waals surface area contributed by atoms with Crippen molar-refractivity contribution < 1.29 is 4.39 Å². The molecule has 2 nitrogen and oxygen atoms in total. The van der Waals surface area contributed by atoms with Crippen molar-refractivity contribution in [1.82, 2.24) is 4.98 Å². The first kappa shape index (κ1) is 8.60. The van der Waals surface area contributed by atoms with Crippen molar-refractivity contribution in [3.8, 4) is 6.07 Å². The molecule has 0 unspecified atom stereocenters. The van der Waals surface area contributed by atoms with E-state index in [4.69, 9.17) is 5.26 Å². The summed E-state index contributed by atoms with van der Waals surface area (Å²) in [5, 5.41) is 8.72. The van der Waals surface area contributed by atoms with E-state index in [1.165, 1.54) is 23.5 Å². The lowest BCUT2D eigenvalue weighted by atomic mass is 10.2. The van der Waals surface area contributed by atoms with Crippen LogP contribution in [0.15, 0.2) is 16.0 Å². The second-order valence-electron chi connectivity index (χ2n) is 2.38. The summed E-state index contributed by atoms with van der Waals surface area (Å²) in [6.45, 7) is 0. The van der Waals surface area contributed by atoms with Crippen molar-refractivity contribution in [3.05, 3.63) is 27.4 Å². The number of nitrogens with zero attached hydrogens (tertiary/aromatic N) is 2. The lowest BCUT2D eigenvalue weighted by Crippen LogP contribution is -1.79. The molecule has 0 saturated carbocycles. The molecule has 13 heavy (non-hydrogen) atoms. The molecule has 0 amide bonds. The molecule has 0 atom stereocenters. The molecule has 5 heteroatoms. The van der Waals surface area contributed by atoms with Gasteiger partial charge in [0.1, 0.15) is 11.9 Å².